The summed E-state index contributed by atoms with van der Waals surface area (Å²) in [6, 6.07) is 53.2. The standard InChI is InChI=1S/C44H34N2/c1-30-19-23-38-40-29-34(22-26-44(40)46(42(38)24-20-30)36-15-6-3-7-16-36)32-12-10-11-31(27-32)33-21-25-43-39(28-33)37-17-8-9-18-41(37)45(43)35-13-4-2-5-14-35/h2-19,21-23,25-30H,20,24H2,1H3. The summed E-state index contributed by atoms with van der Waals surface area (Å²) in [6.45, 7) is 2.32. The first-order chi connectivity index (χ1) is 22.7. The van der Waals surface area contributed by atoms with Crippen LogP contribution >= 0.6 is 0 Å². The summed E-state index contributed by atoms with van der Waals surface area (Å²) in [5.41, 5.74) is 13.9. The molecule has 0 radical (unpaired) electrons. The normalized spacial score (nSPS) is 14.6. The Balaban J connectivity index is 1.17. The molecule has 220 valence electrons. The molecule has 46 heavy (non-hydrogen) atoms. The maximum Gasteiger partial charge on any atom is 0.0541 e. The van der Waals surface area contributed by atoms with Crippen LogP contribution in [0.5, 0.6) is 0 Å². The summed E-state index contributed by atoms with van der Waals surface area (Å²) in [6.07, 6.45) is 6.99. The topological polar surface area (TPSA) is 9.86 Å². The lowest BCUT2D eigenvalue weighted by Gasteiger charge is -2.12. The molecule has 0 saturated carbocycles. The molecule has 1 atom stereocenters. The molecule has 1 unspecified atom stereocenters. The van der Waals surface area contributed by atoms with Gasteiger partial charge >= 0.3 is 0 Å². The number of allylic oxidation sites excluding steroid dienone is 1. The van der Waals surface area contributed by atoms with Crippen LogP contribution in [0.25, 0.3) is 72.4 Å². The van der Waals surface area contributed by atoms with Gasteiger partial charge in [0.2, 0.25) is 0 Å². The lowest BCUT2D eigenvalue weighted by atomic mass is 9.96. The van der Waals surface area contributed by atoms with Crippen LogP contribution in [0.1, 0.15) is 24.6 Å². The first-order valence-electron chi connectivity index (χ1n) is 16.3. The summed E-state index contributed by atoms with van der Waals surface area (Å²) < 4.78 is 4.86. The average Bonchev–Trinajstić information content (AvgIpc) is 3.54. The van der Waals surface area contributed by atoms with Crippen LogP contribution in [0.15, 0.2) is 152 Å². The zero-order valence-corrected chi connectivity index (χ0v) is 25.9. The van der Waals surface area contributed by atoms with E-state index in [9.17, 15) is 0 Å². The molecular formula is C44H34N2. The molecule has 0 fully saturated rings. The van der Waals surface area contributed by atoms with Crippen molar-refractivity contribution < 1.29 is 0 Å². The van der Waals surface area contributed by atoms with E-state index >= 15 is 0 Å². The second kappa shape index (κ2) is 10.8. The van der Waals surface area contributed by atoms with Gasteiger partial charge in [0.05, 0.1) is 16.6 Å². The molecule has 0 bridgehead atoms. The van der Waals surface area contributed by atoms with Gasteiger partial charge in [-0.05, 0) is 102 Å². The van der Waals surface area contributed by atoms with Crippen LogP contribution in [0.3, 0.4) is 0 Å². The molecule has 6 aromatic carbocycles. The van der Waals surface area contributed by atoms with Gasteiger partial charge in [-0.15, -0.1) is 0 Å². The van der Waals surface area contributed by atoms with Gasteiger partial charge in [-0.25, -0.2) is 0 Å². The molecule has 0 N–H and O–H groups in total. The highest BCUT2D eigenvalue weighted by molar-refractivity contribution is 6.10. The molecule has 2 heterocycles. The Morgan fingerprint density at radius 1 is 0.478 bits per heavy atom. The maximum atomic E-state index is 2.48. The smallest absolute Gasteiger partial charge is 0.0541 e. The second-order valence-electron chi connectivity index (χ2n) is 12.6. The van der Waals surface area contributed by atoms with Crippen LogP contribution < -0.4 is 0 Å². The first kappa shape index (κ1) is 26.8. The molecule has 2 nitrogen and oxygen atoms in total. The fraction of sp³-hybridized carbons (Fsp3) is 0.0909. The van der Waals surface area contributed by atoms with Gasteiger partial charge in [0.15, 0.2) is 0 Å². The molecule has 2 aromatic heterocycles. The number of benzene rings is 6. The highest BCUT2D eigenvalue weighted by Gasteiger charge is 2.20. The minimum absolute atomic E-state index is 0.575. The number of aromatic nitrogens is 2. The largest absolute Gasteiger partial charge is 0.313 e. The van der Waals surface area contributed by atoms with Crippen LogP contribution in [0, 0.1) is 5.92 Å². The fourth-order valence-electron chi connectivity index (χ4n) is 7.46. The molecule has 0 amide bonds. The minimum Gasteiger partial charge on any atom is -0.313 e. The van der Waals surface area contributed by atoms with Crippen LogP contribution in [-0.4, -0.2) is 9.13 Å². The van der Waals surface area contributed by atoms with Crippen LogP contribution in [0.4, 0.5) is 0 Å². The zero-order valence-electron chi connectivity index (χ0n) is 25.9. The second-order valence-corrected chi connectivity index (χ2v) is 12.6. The Bertz CT molecular complexity index is 2420. The number of rotatable bonds is 4. The summed E-state index contributed by atoms with van der Waals surface area (Å²) in [5, 5.41) is 3.87. The molecular weight excluding hydrogens is 556 g/mol. The third-order valence-corrected chi connectivity index (χ3v) is 9.77. The van der Waals surface area contributed by atoms with Crippen molar-refractivity contribution in [2.75, 3.05) is 0 Å². The number of hydrogen-bond acceptors (Lipinski definition) is 0. The van der Waals surface area contributed by atoms with E-state index in [1.807, 2.05) is 0 Å². The fourth-order valence-corrected chi connectivity index (χ4v) is 7.46. The SMILES string of the molecule is CC1C=Cc2c(n(-c3ccccc3)c3ccc(-c4cccc(-c5ccc6c(c5)c5ccccc5n6-c5ccccc5)c4)cc23)CC1. The Morgan fingerprint density at radius 2 is 1.04 bits per heavy atom. The van der Waals surface area contributed by atoms with Crippen LogP contribution in [-0.2, 0) is 6.42 Å². The Hall–Kier alpha value is -5.60. The quantitative estimate of drug-likeness (QED) is 0.193. The van der Waals surface area contributed by atoms with Crippen LogP contribution in [0.2, 0.25) is 0 Å². The zero-order chi connectivity index (χ0) is 30.6. The van der Waals surface area contributed by atoms with E-state index in [4.69, 9.17) is 0 Å². The highest BCUT2D eigenvalue weighted by Crippen LogP contribution is 2.39. The molecule has 0 spiro atoms. The van der Waals surface area contributed by atoms with E-state index in [-0.39, 0.29) is 0 Å². The van der Waals surface area contributed by atoms with Crippen molar-refractivity contribution in [3.8, 4) is 33.6 Å². The van der Waals surface area contributed by atoms with Crippen molar-refractivity contribution in [3.05, 3.63) is 163 Å². The van der Waals surface area contributed by atoms with Gasteiger partial charge in [0.1, 0.15) is 0 Å². The monoisotopic (exact) mass is 590 g/mol. The maximum absolute atomic E-state index is 2.48. The van der Waals surface area contributed by atoms with E-state index in [0.29, 0.717) is 5.92 Å². The molecule has 0 saturated heterocycles. The molecule has 1 aliphatic rings. The minimum atomic E-state index is 0.575. The van der Waals surface area contributed by atoms with Gasteiger partial charge < -0.3 is 9.13 Å². The third-order valence-electron chi connectivity index (χ3n) is 9.77. The van der Waals surface area contributed by atoms with Crippen molar-refractivity contribution in [1.29, 1.82) is 0 Å². The lowest BCUT2D eigenvalue weighted by Crippen LogP contribution is -2.02. The highest BCUT2D eigenvalue weighted by atomic mass is 15.0. The third kappa shape index (κ3) is 4.33. The van der Waals surface area contributed by atoms with Crippen molar-refractivity contribution >= 4 is 38.8 Å². The van der Waals surface area contributed by atoms with Crippen molar-refractivity contribution in [3.63, 3.8) is 0 Å². The van der Waals surface area contributed by atoms with Crippen molar-refractivity contribution in [2.45, 2.75) is 19.8 Å². The molecule has 0 aliphatic heterocycles. The van der Waals surface area contributed by atoms with Gasteiger partial charge in [-0.2, -0.15) is 0 Å². The molecule has 8 aromatic rings. The molecule has 1 aliphatic carbocycles. The predicted octanol–water partition coefficient (Wildman–Crippen LogP) is 11.7. The van der Waals surface area contributed by atoms with Gasteiger partial charge in [0.25, 0.3) is 0 Å². The predicted molar refractivity (Wildman–Crippen MR) is 195 cm³/mol. The van der Waals surface area contributed by atoms with Crippen molar-refractivity contribution in [2.24, 2.45) is 5.92 Å². The molecule has 9 rings (SSSR count). The average molecular weight is 591 g/mol. The first-order valence-corrected chi connectivity index (χ1v) is 16.3. The lowest BCUT2D eigenvalue weighted by molar-refractivity contribution is 0.643. The summed E-state index contributed by atoms with van der Waals surface area (Å²) in [7, 11) is 0. The van der Waals surface area contributed by atoms with E-state index in [1.54, 1.807) is 0 Å². The van der Waals surface area contributed by atoms with Gasteiger partial charge in [0, 0.05) is 38.8 Å². The van der Waals surface area contributed by atoms with Crippen molar-refractivity contribution in [1.82, 2.24) is 9.13 Å². The van der Waals surface area contributed by atoms with E-state index in [2.05, 4.69) is 174 Å². The summed E-state index contributed by atoms with van der Waals surface area (Å²) in [5.74, 6) is 0.575. The summed E-state index contributed by atoms with van der Waals surface area (Å²) >= 11 is 0. The number of hydrogen-bond donors (Lipinski definition) is 0. The number of fused-ring (bicyclic) bond motifs is 6. The Labute approximate surface area is 269 Å². The van der Waals surface area contributed by atoms with E-state index < -0.39 is 0 Å². The van der Waals surface area contributed by atoms with Gasteiger partial charge in [-0.1, -0.05) is 104 Å². The Morgan fingerprint density at radius 3 is 1.76 bits per heavy atom. The van der Waals surface area contributed by atoms with E-state index in [0.717, 1.165) is 12.8 Å². The van der Waals surface area contributed by atoms with Gasteiger partial charge in [-0.3, -0.25) is 0 Å². The summed E-state index contributed by atoms with van der Waals surface area (Å²) in [4.78, 5) is 0. The number of nitrogens with zero attached hydrogens (tertiary/aromatic N) is 2. The van der Waals surface area contributed by atoms with E-state index in [1.165, 1.54) is 77.6 Å². The Kier molecular flexibility index (Phi) is 6.28. The molecule has 2 heteroatoms. The number of para-hydroxylation sites is 3.